The number of halogens is 2. The first-order chi connectivity index (χ1) is 4.71. The van der Waals surface area contributed by atoms with Gasteiger partial charge in [0.2, 0.25) is 6.21 Å². The van der Waals surface area contributed by atoms with Crippen LogP contribution in [0.5, 0.6) is 0 Å². The van der Waals surface area contributed by atoms with Crippen LogP contribution in [0.3, 0.4) is 0 Å². The summed E-state index contributed by atoms with van der Waals surface area (Å²) in [6, 6.07) is 2.52. The molecule has 1 rings (SSSR count). The fourth-order valence-corrected chi connectivity index (χ4v) is 14.2. The molecule has 0 saturated carbocycles. The Morgan fingerprint density at radius 2 is 1.90 bits per heavy atom. The van der Waals surface area contributed by atoms with Gasteiger partial charge in [0.15, 0.2) is 0 Å². The van der Waals surface area contributed by atoms with Crippen LogP contribution in [0.4, 0.5) is 0 Å². The molecule has 1 aliphatic heterocycles. The number of hydrogen-bond acceptors (Lipinski definition) is 0. The van der Waals surface area contributed by atoms with Crippen molar-refractivity contribution in [2.24, 2.45) is 0 Å². The minimum Gasteiger partial charge on any atom is -0.151 e. The highest BCUT2D eigenvalue weighted by Gasteiger charge is 2.28. The molecule has 56 valence electrons. The van der Waals surface area contributed by atoms with Crippen molar-refractivity contribution >= 4 is 46.0 Å². The average Bonchev–Trinajstić information content (AvgIpc) is 1.81. The van der Waals surface area contributed by atoms with Gasteiger partial charge in [0.05, 0.1) is 8.55 Å². The van der Waals surface area contributed by atoms with Gasteiger partial charge in [-0.25, -0.2) is 0 Å². The molecule has 0 aromatic rings. The Morgan fingerprint density at radius 3 is 2.70 bits per heavy atom. The lowest BCUT2D eigenvalue weighted by molar-refractivity contribution is 0.765. The second kappa shape index (κ2) is 4.30. The van der Waals surface area contributed by atoms with E-state index in [9.17, 15) is 0 Å². The van der Waals surface area contributed by atoms with E-state index in [1.807, 2.05) is 0 Å². The van der Waals surface area contributed by atoms with E-state index in [-0.39, 0.29) is 0 Å². The van der Waals surface area contributed by atoms with Crippen LogP contribution >= 0.6 is 22.2 Å². The lowest BCUT2D eigenvalue weighted by Gasteiger charge is -2.17. The summed E-state index contributed by atoms with van der Waals surface area (Å²) in [5.74, 6) is 0. The summed E-state index contributed by atoms with van der Waals surface area (Å²) in [5, 5.41) is 0. The fraction of sp³-hybridized carbons (Fsp3) is 1.00. The average molecular weight is 225 g/mol. The predicted molar refractivity (Wildman–Crippen MR) is 52.4 cm³/mol. The first-order valence-electron chi connectivity index (χ1n) is 3.59. The van der Waals surface area contributed by atoms with Crippen LogP contribution < -0.4 is 0 Å². The van der Waals surface area contributed by atoms with Crippen LogP contribution in [0.1, 0.15) is 19.3 Å². The summed E-state index contributed by atoms with van der Waals surface area (Å²) in [5.41, 5.74) is 0. The molecule has 0 aromatic heterocycles. The van der Waals surface area contributed by atoms with Crippen LogP contribution in [0.25, 0.3) is 0 Å². The van der Waals surface area contributed by atoms with Crippen molar-refractivity contribution in [3.8, 4) is 0 Å². The summed E-state index contributed by atoms with van der Waals surface area (Å²) < 4.78 is 0. The summed E-state index contributed by atoms with van der Waals surface area (Å²) in [6.45, 7) is 0. The van der Waals surface area contributed by atoms with Gasteiger partial charge < -0.3 is 0 Å². The maximum atomic E-state index is 6.17. The van der Waals surface area contributed by atoms with Crippen molar-refractivity contribution in [1.29, 1.82) is 0 Å². The van der Waals surface area contributed by atoms with E-state index in [1.54, 1.807) is 0 Å². The largest absolute Gasteiger partial charge is 0.230 e. The van der Waals surface area contributed by atoms with Crippen molar-refractivity contribution in [2.75, 3.05) is 0 Å². The van der Waals surface area contributed by atoms with Gasteiger partial charge in [0, 0.05) is 9.04 Å². The Labute approximate surface area is 77.3 Å². The van der Waals surface area contributed by atoms with Crippen molar-refractivity contribution in [3.63, 3.8) is 0 Å². The van der Waals surface area contributed by atoms with E-state index in [1.165, 1.54) is 25.3 Å². The van der Waals surface area contributed by atoms with E-state index >= 15 is 0 Å². The third kappa shape index (κ3) is 3.57. The first kappa shape index (κ1) is 9.32. The molecule has 1 fully saturated rings. The van der Waals surface area contributed by atoms with Gasteiger partial charge in [0.1, 0.15) is 0 Å². The zero-order valence-electron chi connectivity index (χ0n) is 5.79. The molecule has 0 spiro atoms. The normalized spacial score (nSPS) is 27.0. The molecule has 0 N–H and O–H groups in total. The molecular formula is C5H10Cl2Si3. The van der Waals surface area contributed by atoms with E-state index in [4.69, 9.17) is 22.2 Å². The maximum Gasteiger partial charge on any atom is 0.230 e. The number of hydrogen-bond donors (Lipinski definition) is 0. The van der Waals surface area contributed by atoms with E-state index < -0.39 is 6.21 Å². The maximum absolute atomic E-state index is 6.17. The second-order valence-corrected chi connectivity index (χ2v) is 18.6. The molecule has 10 heavy (non-hydrogen) atoms. The van der Waals surface area contributed by atoms with Crippen LogP contribution in [0, 0.1) is 0 Å². The van der Waals surface area contributed by atoms with Crippen LogP contribution in [-0.2, 0) is 0 Å². The highest BCUT2D eigenvalue weighted by molar-refractivity contribution is 7.73. The van der Waals surface area contributed by atoms with Gasteiger partial charge in [-0.1, -0.05) is 25.3 Å². The highest BCUT2D eigenvalue weighted by atomic mass is 35.7. The molecule has 4 radical (unpaired) electrons. The van der Waals surface area contributed by atoms with Crippen molar-refractivity contribution in [3.05, 3.63) is 0 Å². The molecule has 0 nitrogen and oxygen atoms in total. The summed E-state index contributed by atoms with van der Waals surface area (Å²) in [6.07, 6.45) is 2.35. The molecule has 1 heterocycles. The van der Waals surface area contributed by atoms with Crippen LogP contribution in [0.2, 0.25) is 12.1 Å². The second-order valence-electron chi connectivity index (χ2n) is 2.57. The molecule has 0 aliphatic carbocycles. The van der Waals surface area contributed by atoms with Crippen molar-refractivity contribution in [2.45, 2.75) is 31.4 Å². The molecule has 1 aliphatic rings. The van der Waals surface area contributed by atoms with E-state index in [2.05, 4.69) is 0 Å². The Kier molecular flexibility index (Phi) is 4.01. The Balaban J connectivity index is 2.30. The molecule has 0 amide bonds. The molecular weight excluding hydrogens is 215 g/mol. The van der Waals surface area contributed by atoms with Gasteiger partial charge >= 0.3 is 0 Å². The van der Waals surface area contributed by atoms with Crippen molar-refractivity contribution < 1.29 is 0 Å². The molecule has 0 bridgehead atoms. The standard InChI is InChI=1S/C5H10Cl2Si3/c6-10(7)5-3-1-2-4-8-9-10/h1-5H2. The first-order valence-corrected chi connectivity index (χ1v) is 12.0. The Hall–Kier alpha value is 1.23. The summed E-state index contributed by atoms with van der Waals surface area (Å²) in [4.78, 5) is 0. The lowest BCUT2D eigenvalue weighted by Crippen LogP contribution is -2.34. The van der Waals surface area contributed by atoms with Gasteiger partial charge in [0.25, 0.3) is 0 Å². The third-order valence-corrected chi connectivity index (χ3v) is 17.9. The summed E-state index contributed by atoms with van der Waals surface area (Å²) >= 11 is 12.3. The van der Waals surface area contributed by atoms with Gasteiger partial charge in [-0.15, -0.1) is 0 Å². The Bertz CT molecular complexity index is 97.1. The Morgan fingerprint density at radius 1 is 1.10 bits per heavy atom. The SMILES string of the molecule is Cl[Si]1(Cl)CCCCC[Si][Si]1. The minimum atomic E-state index is -1.69. The fourth-order valence-electron chi connectivity index (χ4n) is 0.991. The molecule has 0 atom stereocenters. The predicted octanol–water partition coefficient (Wildman–Crippen LogP) is 2.33. The van der Waals surface area contributed by atoms with Gasteiger partial charge in [-0.3, -0.25) is 0 Å². The third-order valence-electron chi connectivity index (χ3n) is 1.56. The van der Waals surface area contributed by atoms with Crippen LogP contribution in [-0.4, -0.2) is 23.8 Å². The van der Waals surface area contributed by atoms with E-state index in [0.29, 0.717) is 0 Å². The zero-order valence-corrected chi connectivity index (χ0v) is 10.3. The quantitative estimate of drug-likeness (QED) is 0.438. The van der Waals surface area contributed by atoms with Gasteiger partial charge in [-0.2, -0.15) is 22.2 Å². The van der Waals surface area contributed by atoms with Crippen LogP contribution in [0.15, 0.2) is 0 Å². The van der Waals surface area contributed by atoms with Crippen molar-refractivity contribution in [1.82, 2.24) is 0 Å². The minimum absolute atomic E-state index is 0.915. The molecule has 0 unspecified atom stereocenters. The molecule has 5 heteroatoms. The van der Waals surface area contributed by atoms with Gasteiger partial charge in [-0.05, 0) is 6.04 Å². The summed E-state index contributed by atoms with van der Waals surface area (Å²) in [7, 11) is 1.98. The van der Waals surface area contributed by atoms with E-state index in [0.717, 1.165) is 23.6 Å². The lowest BCUT2D eigenvalue weighted by atomic mass is 10.3. The monoisotopic (exact) mass is 224 g/mol. The molecule has 0 aromatic carbocycles. The zero-order chi connectivity index (χ0) is 7.45. The molecule has 1 saturated heterocycles. The number of rotatable bonds is 0. The topological polar surface area (TPSA) is 0 Å². The highest BCUT2D eigenvalue weighted by Crippen LogP contribution is 2.24. The smallest absolute Gasteiger partial charge is 0.151 e.